The van der Waals surface area contributed by atoms with Crippen molar-refractivity contribution in [3.63, 3.8) is 0 Å². The summed E-state index contributed by atoms with van der Waals surface area (Å²) in [5, 5.41) is 11.3. The first-order chi connectivity index (χ1) is 15.4. The minimum absolute atomic E-state index is 0.00217. The van der Waals surface area contributed by atoms with Crippen molar-refractivity contribution < 1.29 is 14.1 Å². The first kappa shape index (κ1) is 21.0. The number of para-hydroxylation sites is 1. The molecule has 0 aliphatic heterocycles. The van der Waals surface area contributed by atoms with Crippen LogP contribution in [0.25, 0.3) is 16.9 Å². The number of aryl methyl sites for hydroxylation is 2. The van der Waals surface area contributed by atoms with Crippen molar-refractivity contribution in [2.75, 3.05) is 5.32 Å². The van der Waals surface area contributed by atoms with Crippen LogP contribution >= 0.6 is 0 Å². The van der Waals surface area contributed by atoms with Crippen molar-refractivity contribution in [3.05, 3.63) is 82.7 Å². The molecule has 2 amide bonds. The van der Waals surface area contributed by atoms with E-state index in [-0.39, 0.29) is 17.1 Å². The van der Waals surface area contributed by atoms with Crippen LogP contribution in [0.4, 0.5) is 5.88 Å². The van der Waals surface area contributed by atoms with E-state index in [4.69, 9.17) is 10.3 Å². The van der Waals surface area contributed by atoms with Gasteiger partial charge >= 0.3 is 0 Å². The molecule has 8 nitrogen and oxygen atoms in total. The summed E-state index contributed by atoms with van der Waals surface area (Å²) >= 11 is 0. The fourth-order valence-corrected chi connectivity index (χ4v) is 3.65. The Morgan fingerprint density at radius 2 is 1.75 bits per heavy atom. The van der Waals surface area contributed by atoms with Gasteiger partial charge in [-0.1, -0.05) is 42.4 Å². The summed E-state index contributed by atoms with van der Waals surface area (Å²) in [7, 11) is 0. The SMILES string of the molecule is CCc1ccc(C(=O)Nc2onc(-c3c(C)nn(-c4ccccc4)c3C)c2C(N)=O)cc1. The van der Waals surface area contributed by atoms with E-state index in [2.05, 4.69) is 15.6 Å². The Kier molecular flexibility index (Phi) is 5.59. The number of anilines is 1. The third-order valence-electron chi connectivity index (χ3n) is 5.32. The molecule has 0 atom stereocenters. The minimum atomic E-state index is -0.760. The second kappa shape index (κ2) is 8.50. The van der Waals surface area contributed by atoms with Crippen molar-refractivity contribution in [1.29, 1.82) is 0 Å². The Morgan fingerprint density at radius 1 is 1.06 bits per heavy atom. The lowest BCUT2D eigenvalue weighted by Crippen LogP contribution is -2.17. The molecule has 0 unspecified atom stereocenters. The van der Waals surface area contributed by atoms with E-state index in [1.807, 2.05) is 63.2 Å². The van der Waals surface area contributed by atoms with Crippen LogP contribution < -0.4 is 11.1 Å². The fourth-order valence-electron chi connectivity index (χ4n) is 3.65. The van der Waals surface area contributed by atoms with Crippen molar-refractivity contribution in [2.45, 2.75) is 27.2 Å². The van der Waals surface area contributed by atoms with Gasteiger partial charge in [-0.05, 0) is 50.1 Å². The Hall–Kier alpha value is -4.20. The van der Waals surface area contributed by atoms with Crippen molar-refractivity contribution in [2.24, 2.45) is 5.73 Å². The molecule has 3 N–H and O–H groups in total. The maximum Gasteiger partial charge on any atom is 0.258 e. The number of carbonyl (C=O) groups excluding carboxylic acids is 2. The zero-order valence-corrected chi connectivity index (χ0v) is 18.0. The van der Waals surface area contributed by atoms with E-state index in [0.29, 0.717) is 16.8 Å². The van der Waals surface area contributed by atoms with Crippen LogP contribution in [-0.4, -0.2) is 26.8 Å². The second-order valence-electron chi connectivity index (χ2n) is 7.40. The smallest absolute Gasteiger partial charge is 0.258 e. The number of primary amides is 1. The highest BCUT2D eigenvalue weighted by molar-refractivity contribution is 6.10. The lowest BCUT2D eigenvalue weighted by Gasteiger charge is -2.05. The third-order valence-corrected chi connectivity index (χ3v) is 5.32. The predicted octanol–water partition coefficient (Wildman–Crippen LogP) is 4.06. The van der Waals surface area contributed by atoms with Crippen LogP contribution in [0, 0.1) is 13.8 Å². The van der Waals surface area contributed by atoms with Gasteiger partial charge in [-0.2, -0.15) is 5.10 Å². The number of hydrogen-bond donors (Lipinski definition) is 2. The number of hydrogen-bond acceptors (Lipinski definition) is 5. The summed E-state index contributed by atoms with van der Waals surface area (Å²) in [6.07, 6.45) is 0.870. The van der Waals surface area contributed by atoms with Crippen LogP contribution in [-0.2, 0) is 6.42 Å². The highest BCUT2D eigenvalue weighted by Gasteiger charge is 2.28. The average Bonchev–Trinajstić information content (AvgIpc) is 3.34. The molecule has 4 aromatic rings. The topological polar surface area (TPSA) is 116 Å². The van der Waals surface area contributed by atoms with E-state index >= 15 is 0 Å². The molecule has 0 saturated heterocycles. The van der Waals surface area contributed by atoms with Gasteiger partial charge < -0.3 is 10.3 Å². The van der Waals surface area contributed by atoms with Crippen molar-refractivity contribution in [3.8, 4) is 16.9 Å². The number of aromatic nitrogens is 3. The minimum Gasteiger partial charge on any atom is -0.365 e. The normalized spacial score (nSPS) is 10.8. The lowest BCUT2D eigenvalue weighted by atomic mass is 10.0. The van der Waals surface area contributed by atoms with Gasteiger partial charge in [0.25, 0.3) is 11.8 Å². The summed E-state index contributed by atoms with van der Waals surface area (Å²) in [6.45, 7) is 5.72. The molecule has 0 aliphatic carbocycles. The standard InChI is InChI=1S/C24H23N5O3/c1-4-16-10-12-17(13-11-16)23(31)26-24-20(22(25)30)21(28-32-24)19-14(2)27-29(15(19)3)18-8-6-5-7-9-18/h5-13H,4H2,1-3H3,(H2,25,30)(H,26,31). The first-order valence-electron chi connectivity index (χ1n) is 10.2. The number of nitrogens with one attached hydrogen (secondary N) is 1. The summed E-state index contributed by atoms with van der Waals surface area (Å²) in [5.74, 6) is -1.28. The molecule has 0 spiro atoms. The molecular weight excluding hydrogens is 406 g/mol. The molecule has 0 bridgehead atoms. The summed E-state index contributed by atoms with van der Waals surface area (Å²) in [4.78, 5) is 25.0. The van der Waals surface area contributed by atoms with Gasteiger partial charge in [0.15, 0.2) is 0 Å². The Balaban J connectivity index is 1.72. The Morgan fingerprint density at radius 3 is 2.38 bits per heavy atom. The second-order valence-corrected chi connectivity index (χ2v) is 7.40. The fraction of sp³-hybridized carbons (Fsp3) is 0.167. The molecule has 2 aromatic carbocycles. The van der Waals surface area contributed by atoms with E-state index < -0.39 is 11.8 Å². The van der Waals surface area contributed by atoms with Crippen molar-refractivity contribution >= 4 is 17.7 Å². The summed E-state index contributed by atoms with van der Waals surface area (Å²) in [5.41, 5.74) is 10.3. The maximum absolute atomic E-state index is 12.7. The molecule has 0 aliphatic rings. The van der Waals surface area contributed by atoms with E-state index in [9.17, 15) is 9.59 Å². The zero-order chi connectivity index (χ0) is 22.8. The Labute approximate surface area is 185 Å². The number of nitrogens with two attached hydrogens (primary N) is 1. The number of amides is 2. The number of rotatable bonds is 6. The highest BCUT2D eigenvalue weighted by atomic mass is 16.5. The molecule has 0 saturated carbocycles. The van der Waals surface area contributed by atoms with Crippen LogP contribution in [0.5, 0.6) is 0 Å². The third kappa shape index (κ3) is 3.78. The van der Waals surface area contributed by atoms with Crippen molar-refractivity contribution in [1.82, 2.24) is 14.9 Å². The average molecular weight is 429 g/mol. The zero-order valence-electron chi connectivity index (χ0n) is 18.0. The summed E-state index contributed by atoms with van der Waals surface area (Å²) < 4.78 is 7.12. The van der Waals surface area contributed by atoms with Gasteiger partial charge in [-0.15, -0.1) is 0 Å². The molecule has 4 rings (SSSR count). The molecule has 162 valence electrons. The molecular formula is C24H23N5O3. The molecule has 0 fully saturated rings. The van der Waals surface area contributed by atoms with Crippen LogP contribution in [0.1, 0.15) is 44.6 Å². The molecule has 2 heterocycles. The number of nitrogens with zero attached hydrogens (tertiary/aromatic N) is 3. The predicted molar refractivity (Wildman–Crippen MR) is 121 cm³/mol. The van der Waals surface area contributed by atoms with E-state index in [1.165, 1.54) is 0 Å². The van der Waals surface area contributed by atoms with Gasteiger partial charge in [0, 0.05) is 11.1 Å². The monoisotopic (exact) mass is 429 g/mol. The molecule has 2 aromatic heterocycles. The highest BCUT2D eigenvalue weighted by Crippen LogP contribution is 2.34. The number of benzene rings is 2. The van der Waals surface area contributed by atoms with Gasteiger partial charge in [0.2, 0.25) is 5.88 Å². The van der Waals surface area contributed by atoms with E-state index in [1.54, 1.807) is 16.8 Å². The lowest BCUT2D eigenvalue weighted by molar-refractivity contribution is 0.100. The maximum atomic E-state index is 12.7. The van der Waals surface area contributed by atoms with Crippen LogP contribution in [0.15, 0.2) is 59.1 Å². The molecule has 8 heteroatoms. The van der Waals surface area contributed by atoms with Gasteiger partial charge in [-0.3, -0.25) is 14.9 Å². The Bertz CT molecular complexity index is 1290. The van der Waals surface area contributed by atoms with Gasteiger partial charge in [0.1, 0.15) is 11.3 Å². The summed E-state index contributed by atoms with van der Waals surface area (Å²) in [6, 6.07) is 16.8. The molecule has 32 heavy (non-hydrogen) atoms. The van der Waals surface area contributed by atoms with Crippen LogP contribution in [0.3, 0.4) is 0 Å². The quantitative estimate of drug-likeness (QED) is 0.479. The molecule has 0 radical (unpaired) electrons. The number of carbonyl (C=O) groups is 2. The first-order valence-corrected chi connectivity index (χ1v) is 10.2. The van der Waals surface area contributed by atoms with E-state index in [0.717, 1.165) is 23.4 Å². The van der Waals surface area contributed by atoms with Gasteiger partial charge in [0.05, 0.1) is 17.1 Å². The van der Waals surface area contributed by atoms with Gasteiger partial charge in [-0.25, -0.2) is 4.68 Å². The van der Waals surface area contributed by atoms with Crippen LogP contribution in [0.2, 0.25) is 0 Å². The largest absolute Gasteiger partial charge is 0.365 e.